The van der Waals surface area contributed by atoms with Crippen molar-refractivity contribution in [1.82, 2.24) is 4.90 Å². The molecule has 10 heteroatoms. The van der Waals surface area contributed by atoms with Gasteiger partial charge in [-0.15, -0.1) is 0 Å². The van der Waals surface area contributed by atoms with E-state index in [0.29, 0.717) is 41.1 Å². The van der Waals surface area contributed by atoms with E-state index in [9.17, 15) is 17.6 Å². The molecule has 0 radical (unpaired) electrons. The topological polar surface area (TPSA) is 69.7 Å². The molecule has 4 rings (SSSR count). The SMILES string of the molecule is O=C1N(Cc2ccc(Cl)c(Cl)c2)CCCN1c1cccc(NS(=O)(=O)c2ccc(F)cc2)c1. The lowest BCUT2D eigenvalue weighted by molar-refractivity contribution is 0.192. The molecular formula is C23H20Cl2FN3O3S. The number of carbonyl (C=O) groups excluding carboxylic acids is 1. The first kappa shape index (κ1) is 23.4. The zero-order valence-electron chi connectivity index (χ0n) is 17.3. The molecule has 1 fully saturated rings. The molecule has 0 aromatic heterocycles. The summed E-state index contributed by atoms with van der Waals surface area (Å²) < 4.78 is 40.9. The van der Waals surface area contributed by atoms with Gasteiger partial charge in [0.2, 0.25) is 0 Å². The zero-order chi connectivity index (χ0) is 23.6. The highest BCUT2D eigenvalue weighted by molar-refractivity contribution is 7.92. The Balaban J connectivity index is 1.51. The minimum atomic E-state index is -3.90. The first-order chi connectivity index (χ1) is 15.7. The number of anilines is 2. The van der Waals surface area contributed by atoms with Crippen molar-refractivity contribution in [3.8, 4) is 0 Å². The number of sulfonamides is 1. The standard InChI is InChI=1S/C23H20Cl2FN3O3S/c24-21-10-5-16(13-22(21)25)15-28-11-2-12-29(23(28)30)19-4-1-3-18(14-19)27-33(31,32)20-8-6-17(26)7-9-20/h1,3-10,13-14,27H,2,11-12,15H2. The number of rotatable bonds is 6. The number of halogens is 3. The van der Waals surface area contributed by atoms with Gasteiger partial charge in [-0.25, -0.2) is 17.6 Å². The minimum Gasteiger partial charge on any atom is -0.320 e. The van der Waals surface area contributed by atoms with Crippen LogP contribution < -0.4 is 9.62 Å². The molecule has 33 heavy (non-hydrogen) atoms. The number of amides is 2. The van der Waals surface area contributed by atoms with E-state index >= 15 is 0 Å². The van der Waals surface area contributed by atoms with Gasteiger partial charge in [0.15, 0.2) is 0 Å². The number of hydrogen-bond donors (Lipinski definition) is 1. The summed E-state index contributed by atoms with van der Waals surface area (Å²) in [6.07, 6.45) is 0.749. The second-order valence-corrected chi connectivity index (χ2v) is 10.1. The van der Waals surface area contributed by atoms with Crippen LogP contribution in [0.3, 0.4) is 0 Å². The van der Waals surface area contributed by atoms with E-state index in [0.717, 1.165) is 24.1 Å². The van der Waals surface area contributed by atoms with Gasteiger partial charge in [-0.3, -0.25) is 9.62 Å². The van der Waals surface area contributed by atoms with Gasteiger partial charge >= 0.3 is 6.03 Å². The van der Waals surface area contributed by atoms with Crippen molar-refractivity contribution in [1.29, 1.82) is 0 Å². The zero-order valence-corrected chi connectivity index (χ0v) is 19.7. The lowest BCUT2D eigenvalue weighted by Crippen LogP contribution is -2.49. The number of carbonyl (C=O) groups is 1. The summed E-state index contributed by atoms with van der Waals surface area (Å²) in [5.41, 5.74) is 1.73. The second kappa shape index (κ2) is 9.59. The van der Waals surface area contributed by atoms with Crippen molar-refractivity contribution in [3.05, 3.63) is 88.2 Å². The molecule has 1 N–H and O–H groups in total. The van der Waals surface area contributed by atoms with E-state index in [1.54, 1.807) is 46.2 Å². The van der Waals surface area contributed by atoms with Gasteiger partial charge < -0.3 is 4.90 Å². The molecule has 1 aliphatic rings. The molecule has 3 aromatic rings. The van der Waals surface area contributed by atoms with Crippen LogP contribution in [0.4, 0.5) is 20.6 Å². The van der Waals surface area contributed by atoms with Crippen LogP contribution in [0.15, 0.2) is 71.6 Å². The van der Waals surface area contributed by atoms with Crippen LogP contribution in [0.2, 0.25) is 10.0 Å². The van der Waals surface area contributed by atoms with Crippen LogP contribution in [0, 0.1) is 5.82 Å². The Labute approximate surface area is 201 Å². The van der Waals surface area contributed by atoms with Crippen LogP contribution in [-0.2, 0) is 16.6 Å². The summed E-state index contributed by atoms with van der Waals surface area (Å²) in [4.78, 5) is 16.4. The molecule has 0 unspecified atom stereocenters. The van der Waals surface area contributed by atoms with Crippen molar-refractivity contribution in [2.45, 2.75) is 17.9 Å². The number of urea groups is 1. The number of nitrogens with zero attached hydrogens (tertiary/aromatic N) is 2. The highest BCUT2D eigenvalue weighted by atomic mass is 35.5. The molecule has 3 aromatic carbocycles. The van der Waals surface area contributed by atoms with E-state index in [2.05, 4.69) is 4.72 Å². The molecule has 6 nitrogen and oxygen atoms in total. The fraction of sp³-hybridized carbons (Fsp3) is 0.174. The maximum absolute atomic E-state index is 13.2. The number of nitrogens with one attached hydrogen (secondary N) is 1. The molecule has 1 heterocycles. The summed E-state index contributed by atoms with van der Waals surface area (Å²) in [7, 11) is -3.90. The monoisotopic (exact) mass is 507 g/mol. The van der Waals surface area contributed by atoms with Crippen molar-refractivity contribution in [2.24, 2.45) is 0 Å². The average Bonchev–Trinajstić information content (AvgIpc) is 2.78. The second-order valence-electron chi connectivity index (χ2n) is 7.57. The van der Waals surface area contributed by atoms with E-state index in [4.69, 9.17) is 23.2 Å². The average molecular weight is 508 g/mol. The van der Waals surface area contributed by atoms with Crippen LogP contribution in [0.25, 0.3) is 0 Å². The number of hydrogen-bond acceptors (Lipinski definition) is 3. The minimum absolute atomic E-state index is 0.0591. The summed E-state index contributed by atoms with van der Waals surface area (Å²) in [5.74, 6) is -0.523. The lowest BCUT2D eigenvalue weighted by Gasteiger charge is -2.36. The van der Waals surface area contributed by atoms with Gasteiger partial charge in [0.1, 0.15) is 5.82 Å². The molecule has 0 spiro atoms. The largest absolute Gasteiger partial charge is 0.324 e. The molecule has 0 bridgehead atoms. The van der Waals surface area contributed by atoms with Crippen molar-refractivity contribution in [2.75, 3.05) is 22.7 Å². The Bertz CT molecular complexity index is 1290. The summed E-state index contributed by atoms with van der Waals surface area (Å²) in [5, 5.41) is 0.878. The summed E-state index contributed by atoms with van der Waals surface area (Å²) >= 11 is 12.1. The third-order valence-electron chi connectivity index (χ3n) is 5.20. The molecule has 172 valence electrons. The highest BCUT2D eigenvalue weighted by Gasteiger charge is 2.27. The molecule has 0 atom stereocenters. The van der Waals surface area contributed by atoms with Crippen molar-refractivity contribution >= 4 is 50.6 Å². The Morgan fingerprint density at radius 2 is 1.70 bits per heavy atom. The van der Waals surface area contributed by atoms with Gasteiger partial charge in [0.05, 0.1) is 20.6 Å². The smallest absolute Gasteiger partial charge is 0.320 e. The van der Waals surface area contributed by atoms with Gasteiger partial charge in [-0.2, -0.15) is 0 Å². The molecule has 1 aliphatic heterocycles. The fourth-order valence-corrected chi connectivity index (χ4v) is 4.96. The van der Waals surface area contributed by atoms with E-state index < -0.39 is 15.8 Å². The van der Waals surface area contributed by atoms with E-state index in [1.807, 2.05) is 6.07 Å². The Hall–Kier alpha value is -2.81. The third kappa shape index (κ3) is 5.40. The maximum atomic E-state index is 13.2. The normalized spacial score (nSPS) is 14.5. The van der Waals surface area contributed by atoms with Crippen molar-refractivity contribution in [3.63, 3.8) is 0 Å². The number of benzene rings is 3. The summed E-state index contributed by atoms with van der Waals surface area (Å²) in [6, 6.07) is 16.2. The molecule has 1 saturated heterocycles. The quantitative estimate of drug-likeness (QED) is 0.460. The Morgan fingerprint density at radius 1 is 0.939 bits per heavy atom. The van der Waals surface area contributed by atoms with Crippen LogP contribution in [0.1, 0.15) is 12.0 Å². The van der Waals surface area contributed by atoms with Crippen LogP contribution >= 0.6 is 23.2 Å². The first-order valence-electron chi connectivity index (χ1n) is 10.1. The molecular weight excluding hydrogens is 488 g/mol. The molecule has 0 saturated carbocycles. The third-order valence-corrected chi connectivity index (χ3v) is 7.34. The maximum Gasteiger partial charge on any atom is 0.324 e. The summed E-state index contributed by atoms with van der Waals surface area (Å²) in [6.45, 7) is 1.47. The van der Waals surface area contributed by atoms with Crippen molar-refractivity contribution < 1.29 is 17.6 Å². The predicted molar refractivity (Wildman–Crippen MR) is 128 cm³/mol. The van der Waals surface area contributed by atoms with Gasteiger partial charge in [-0.1, -0.05) is 35.3 Å². The van der Waals surface area contributed by atoms with E-state index in [-0.39, 0.29) is 10.9 Å². The Kier molecular flexibility index (Phi) is 6.78. The predicted octanol–water partition coefficient (Wildman–Crippen LogP) is 5.77. The Morgan fingerprint density at radius 3 is 2.42 bits per heavy atom. The highest BCUT2D eigenvalue weighted by Crippen LogP contribution is 2.27. The lowest BCUT2D eigenvalue weighted by atomic mass is 10.1. The van der Waals surface area contributed by atoms with Gasteiger partial charge in [-0.05, 0) is 66.6 Å². The van der Waals surface area contributed by atoms with Gasteiger partial charge in [0.25, 0.3) is 10.0 Å². The molecule has 0 aliphatic carbocycles. The molecule has 2 amide bonds. The van der Waals surface area contributed by atoms with Gasteiger partial charge in [0, 0.05) is 25.3 Å². The van der Waals surface area contributed by atoms with E-state index in [1.165, 1.54) is 12.1 Å². The fourth-order valence-electron chi connectivity index (χ4n) is 3.59. The van der Waals surface area contributed by atoms with Crippen LogP contribution in [0.5, 0.6) is 0 Å². The first-order valence-corrected chi connectivity index (χ1v) is 12.4. The van der Waals surface area contributed by atoms with Crippen LogP contribution in [-0.4, -0.2) is 32.4 Å².